The Morgan fingerprint density at radius 3 is 2.40 bits per heavy atom. The molecular formula is C22H23ClN6O. The van der Waals surface area contributed by atoms with Crippen molar-refractivity contribution in [1.82, 2.24) is 19.7 Å². The number of nitrogen functional groups attached to an aromatic ring is 1. The van der Waals surface area contributed by atoms with Gasteiger partial charge in [0.1, 0.15) is 11.6 Å². The van der Waals surface area contributed by atoms with Crippen molar-refractivity contribution in [2.24, 2.45) is 5.92 Å². The number of anilines is 2. The molecule has 2 aromatic heterocycles. The molecule has 4 aromatic rings. The van der Waals surface area contributed by atoms with Gasteiger partial charge in [-0.25, -0.2) is 9.67 Å². The van der Waals surface area contributed by atoms with Crippen LogP contribution in [0.25, 0.3) is 28.0 Å². The summed E-state index contributed by atoms with van der Waals surface area (Å²) in [6.07, 6.45) is 0. The van der Waals surface area contributed by atoms with Gasteiger partial charge in [-0.1, -0.05) is 37.6 Å². The number of nitrogens with zero attached hydrogens (tertiary/aromatic N) is 4. The van der Waals surface area contributed by atoms with Gasteiger partial charge >= 0.3 is 0 Å². The lowest BCUT2D eigenvalue weighted by molar-refractivity contribution is 0.414. The van der Waals surface area contributed by atoms with Crippen LogP contribution < -0.4 is 15.8 Å². The molecule has 0 saturated carbocycles. The highest BCUT2D eigenvalue weighted by Gasteiger charge is 2.19. The number of methoxy groups -OCH3 is 1. The highest BCUT2D eigenvalue weighted by Crippen LogP contribution is 2.33. The largest absolute Gasteiger partial charge is 0.497 e. The van der Waals surface area contributed by atoms with Gasteiger partial charge in [-0.3, -0.25) is 0 Å². The van der Waals surface area contributed by atoms with E-state index >= 15 is 0 Å². The summed E-state index contributed by atoms with van der Waals surface area (Å²) in [5.41, 5.74) is 9.46. The number of fused-ring (bicyclic) bond motifs is 1. The van der Waals surface area contributed by atoms with Crippen molar-refractivity contribution in [2.45, 2.75) is 13.8 Å². The lowest BCUT2D eigenvalue weighted by Gasteiger charge is -2.10. The highest BCUT2D eigenvalue weighted by atomic mass is 35.5. The summed E-state index contributed by atoms with van der Waals surface area (Å²) < 4.78 is 6.91. The van der Waals surface area contributed by atoms with Crippen LogP contribution in [0.4, 0.5) is 11.8 Å². The molecule has 8 heteroatoms. The van der Waals surface area contributed by atoms with Crippen molar-refractivity contribution in [1.29, 1.82) is 0 Å². The topological polar surface area (TPSA) is 90.9 Å². The summed E-state index contributed by atoms with van der Waals surface area (Å²) in [5, 5.41) is 9.30. The van der Waals surface area contributed by atoms with Crippen LogP contribution in [0.15, 0.2) is 48.5 Å². The lowest BCUT2D eigenvalue weighted by atomic mass is 10.1. The number of hydrogen-bond acceptors (Lipinski definition) is 6. The van der Waals surface area contributed by atoms with Gasteiger partial charge < -0.3 is 15.8 Å². The number of ether oxygens (including phenoxy) is 1. The number of nitrogens with two attached hydrogens (primary N) is 1. The van der Waals surface area contributed by atoms with Crippen LogP contribution in [0.5, 0.6) is 5.75 Å². The second-order valence-corrected chi connectivity index (χ2v) is 7.81. The number of nitrogens with one attached hydrogen (secondary N) is 1. The van der Waals surface area contributed by atoms with E-state index in [9.17, 15) is 0 Å². The van der Waals surface area contributed by atoms with E-state index in [0.29, 0.717) is 39.4 Å². The second-order valence-electron chi connectivity index (χ2n) is 7.37. The van der Waals surface area contributed by atoms with E-state index in [0.717, 1.165) is 23.5 Å². The molecule has 0 unspecified atom stereocenters. The summed E-state index contributed by atoms with van der Waals surface area (Å²) >= 11 is 6.08. The summed E-state index contributed by atoms with van der Waals surface area (Å²) in [5.74, 6) is 2.19. The minimum atomic E-state index is 0.449. The van der Waals surface area contributed by atoms with E-state index in [2.05, 4.69) is 29.2 Å². The predicted octanol–water partition coefficient (Wildman–Crippen LogP) is 4.79. The fourth-order valence-electron chi connectivity index (χ4n) is 3.12. The smallest absolute Gasteiger partial charge is 0.225 e. The van der Waals surface area contributed by atoms with Crippen LogP contribution in [-0.4, -0.2) is 33.4 Å². The Bertz CT molecular complexity index is 1170. The Balaban J connectivity index is 1.89. The van der Waals surface area contributed by atoms with E-state index in [4.69, 9.17) is 27.1 Å². The number of rotatable bonds is 6. The van der Waals surface area contributed by atoms with Crippen molar-refractivity contribution < 1.29 is 4.74 Å². The van der Waals surface area contributed by atoms with Crippen LogP contribution in [0.1, 0.15) is 13.8 Å². The maximum absolute atomic E-state index is 6.52. The van der Waals surface area contributed by atoms with Gasteiger partial charge in [0, 0.05) is 17.1 Å². The molecule has 0 radical (unpaired) electrons. The molecule has 30 heavy (non-hydrogen) atoms. The summed E-state index contributed by atoms with van der Waals surface area (Å²) in [6, 6.07) is 15.0. The average molecular weight is 423 g/mol. The van der Waals surface area contributed by atoms with Gasteiger partial charge in [0.05, 0.1) is 23.9 Å². The summed E-state index contributed by atoms with van der Waals surface area (Å²) in [6.45, 7) is 5.00. The van der Waals surface area contributed by atoms with Gasteiger partial charge in [0.25, 0.3) is 0 Å². The minimum Gasteiger partial charge on any atom is -0.497 e. The molecule has 7 nitrogen and oxygen atoms in total. The molecule has 2 aromatic carbocycles. The molecule has 0 bridgehead atoms. The zero-order chi connectivity index (χ0) is 21.3. The van der Waals surface area contributed by atoms with Crippen LogP contribution in [-0.2, 0) is 0 Å². The molecule has 0 fully saturated rings. The standard InChI is InChI=1S/C22H23ClN6O/c1-13(2)12-25-22-26-19(14-4-6-15(23)7-5-14)18-20(24)29(28-21(18)27-22)16-8-10-17(30-3)11-9-16/h4-11,13H,12,24H2,1-3H3,(H,25,27,28). The monoisotopic (exact) mass is 422 g/mol. The number of benzene rings is 2. The van der Waals surface area contributed by atoms with Gasteiger partial charge in [-0.15, -0.1) is 5.10 Å². The molecule has 0 amide bonds. The summed E-state index contributed by atoms with van der Waals surface area (Å²) in [4.78, 5) is 9.36. The average Bonchev–Trinajstić information content (AvgIpc) is 3.09. The number of hydrogen-bond donors (Lipinski definition) is 2. The maximum Gasteiger partial charge on any atom is 0.225 e. The minimum absolute atomic E-state index is 0.449. The molecule has 0 aliphatic rings. The molecule has 2 heterocycles. The number of halogens is 1. The second kappa shape index (κ2) is 8.20. The molecule has 154 valence electrons. The van der Waals surface area contributed by atoms with Crippen LogP contribution >= 0.6 is 11.6 Å². The van der Waals surface area contributed by atoms with Crippen molar-refractivity contribution in [3.8, 4) is 22.7 Å². The Morgan fingerprint density at radius 1 is 1.07 bits per heavy atom. The first kappa shape index (κ1) is 20.0. The van der Waals surface area contributed by atoms with E-state index in [1.807, 2.05) is 48.5 Å². The van der Waals surface area contributed by atoms with Crippen molar-refractivity contribution in [3.05, 3.63) is 53.6 Å². The predicted molar refractivity (Wildman–Crippen MR) is 121 cm³/mol. The first-order chi connectivity index (χ1) is 14.5. The molecule has 4 rings (SSSR count). The van der Waals surface area contributed by atoms with Crippen LogP contribution in [0, 0.1) is 5.92 Å². The van der Waals surface area contributed by atoms with Crippen molar-refractivity contribution in [3.63, 3.8) is 0 Å². The Hall–Kier alpha value is -3.32. The normalized spacial score (nSPS) is 11.2. The van der Waals surface area contributed by atoms with Crippen LogP contribution in [0.2, 0.25) is 5.02 Å². The highest BCUT2D eigenvalue weighted by molar-refractivity contribution is 6.30. The third-order valence-corrected chi connectivity index (χ3v) is 4.92. The van der Waals surface area contributed by atoms with Gasteiger partial charge in [-0.2, -0.15) is 4.98 Å². The van der Waals surface area contributed by atoms with Crippen LogP contribution in [0.3, 0.4) is 0 Å². The lowest BCUT2D eigenvalue weighted by Crippen LogP contribution is -2.11. The zero-order valence-electron chi connectivity index (χ0n) is 17.1. The molecule has 0 aliphatic heterocycles. The molecule has 0 saturated heterocycles. The SMILES string of the molecule is COc1ccc(-n2nc3nc(NCC(C)C)nc(-c4ccc(Cl)cc4)c3c2N)cc1. The molecule has 0 aliphatic carbocycles. The molecule has 3 N–H and O–H groups in total. The fraction of sp³-hybridized carbons (Fsp3) is 0.227. The van der Waals surface area contributed by atoms with Crippen molar-refractivity contribution >= 4 is 34.4 Å². The Kier molecular flexibility index (Phi) is 5.46. The van der Waals surface area contributed by atoms with E-state index in [-0.39, 0.29) is 0 Å². The fourth-order valence-corrected chi connectivity index (χ4v) is 3.25. The third-order valence-electron chi connectivity index (χ3n) is 4.67. The molecule has 0 spiro atoms. The quantitative estimate of drug-likeness (QED) is 0.464. The van der Waals surface area contributed by atoms with Crippen molar-refractivity contribution in [2.75, 3.05) is 24.7 Å². The van der Waals surface area contributed by atoms with E-state index < -0.39 is 0 Å². The summed E-state index contributed by atoms with van der Waals surface area (Å²) in [7, 11) is 1.63. The first-order valence-electron chi connectivity index (χ1n) is 9.66. The van der Waals surface area contributed by atoms with Gasteiger partial charge in [0.15, 0.2) is 5.65 Å². The zero-order valence-corrected chi connectivity index (χ0v) is 17.8. The molecule has 0 atom stereocenters. The number of aromatic nitrogens is 4. The Labute approximate surface area is 179 Å². The maximum atomic E-state index is 6.52. The Morgan fingerprint density at radius 2 is 1.77 bits per heavy atom. The van der Waals surface area contributed by atoms with Gasteiger partial charge in [0.2, 0.25) is 5.95 Å². The molecular weight excluding hydrogens is 400 g/mol. The van der Waals surface area contributed by atoms with Gasteiger partial charge in [-0.05, 0) is 42.3 Å². The third kappa shape index (κ3) is 3.89. The van der Waals surface area contributed by atoms with E-state index in [1.54, 1.807) is 11.8 Å². The first-order valence-corrected chi connectivity index (χ1v) is 10.0. The van der Waals surface area contributed by atoms with E-state index in [1.165, 1.54) is 0 Å².